The lowest BCUT2D eigenvalue weighted by atomic mass is 10.2. The number of carbonyl (C=O) groups excluding carboxylic acids is 1. The molecular formula is C13H20N2O4S. The van der Waals surface area contributed by atoms with E-state index in [1.165, 1.54) is 0 Å². The molecule has 6 nitrogen and oxygen atoms in total. The molecule has 1 aromatic heterocycles. The monoisotopic (exact) mass is 300 g/mol. The maximum Gasteiger partial charge on any atom is 0.347 e. The maximum absolute atomic E-state index is 11.7. The summed E-state index contributed by atoms with van der Waals surface area (Å²) in [5.41, 5.74) is 0.485. The second-order valence-electron chi connectivity index (χ2n) is 4.51. The molecule has 0 aromatic carbocycles. The van der Waals surface area contributed by atoms with E-state index in [1.54, 1.807) is 21.0 Å². The highest BCUT2D eigenvalue weighted by Gasteiger charge is 2.18. The van der Waals surface area contributed by atoms with E-state index in [1.807, 2.05) is 0 Å². The number of carboxylic acid groups (broad SMARTS) is 1. The quantitative estimate of drug-likeness (QED) is 0.718. The number of thiazole rings is 1. The zero-order valence-corrected chi connectivity index (χ0v) is 12.7. The van der Waals surface area contributed by atoms with Crippen LogP contribution in [0.15, 0.2) is 0 Å². The molecule has 7 heteroatoms. The van der Waals surface area contributed by atoms with Gasteiger partial charge in [-0.15, -0.1) is 11.3 Å². The van der Waals surface area contributed by atoms with Crippen molar-refractivity contribution in [1.29, 1.82) is 0 Å². The van der Waals surface area contributed by atoms with E-state index in [4.69, 9.17) is 9.84 Å². The van der Waals surface area contributed by atoms with Crippen molar-refractivity contribution in [2.24, 2.45) is 0 Å². The summed E-state index contributed by atoms with van der Waals surface area (Å²) in [7, 11) is 1.63. The normalized spacial score (nSPS) is 12.2. The van der Waals surface area contributed by atoms with Crippen LogP contribution >= 0.6 is 11.3 Å². The zero-order chi connectivity index (χ0) is 15.1. The number of amides is 1. The highest BCUT2D eigenvalue weighted by molar-refractivity contribution is 7.13. The van der Waals surface area contributed by atoms with Gasteiger partial charge < -0.3 is 15.2 Å². The molecule has 0 radical (unpaired) electrons. The lowest BCUT2D eigenvalue weighted by Gasteiger charge is -2.11. The smallest absolute Gasteiger partial charge is 0.347 e. The number of nitrogens with one attached hydrogen (secondary N) is 1. The van der Waals surface area contributed by atoms with Gasteiger partial charge in [-0.25, -0.2) is 9.78 Å². The summed E-state index contributed by atoms with van der Waals surface area (Å²) >= 11 is 1.10. The van der Waals surface area contributed by atoms with Crippen LogP contribution in [-0.2, 0) is 9.53 Å². The Labute approximate surface area is 122 Å². The number of aryl methyl sites for hydroxylation is 1. The molecule has 0 aliphatic rings. The van der Waals surface area contributed by atoms with Crippen molar-refractivity contribution in [3.8, 4) is 0 Å². The Balaban J connectivity index is 2.49. The van der Waals surface area contributed by atoms with Crippen LogP contribution in [0, 0.1) is 6.92 Å². The molecule has 0 fully saturated rings. The molecule has 1 atom stereocenters. The number of unbranched alkanes of at least 4 members (excludes halogenated alkanes) is 1. The Morgan fingerprint density at radius 2 is 2.15 bits per heavy atom. The average molecular weight is 300 g/mol. The number of hydrogen-bond donors (Lipinski definition) is 2. The zero-order valence-electron chi connectivity index (χ0n) is 11.9. The summed E-state index contributed by atoms with van der Waals surface area (Å²) in [5, 5.41) is 12.4. The highest BCUT2D eigenvalue weighted by Crippen LogP contribution is 2.23. The predicted molar refractivity (Wildman–Crippen MR) is 76.1 cm³/mol. The van der Waals surface area contributed by atoms with Gasteiger partial charge in [0.25, 0.3) is 0 Å². The molecule has 0 aliphatic heterocycles. The fraction of sp³-hybridized carbons (Fsp3) is 0.615. The number of aromatic carboxylic acids is 1. The summed E-state index contributed by atoms with van der Waals surface area (Å²) in [4.78, 5) is 27.1. The van der Waals surface area contributed by atoms with Gasteiger partial charge in [-0.1, -0.05) is 0 Å². The molecule has 1 heterocycles. The summed E-state index contributed by atoms with van der Waals surface area (Å²) in [5.74, 6) is -1.04. The first-order chi connectivity index (χ1) is 9.45. The first-order valence-electron chi connectivity index (χ1n) is 6.44. The number of hydrogen-bond acceptors (Lipinski definition) is 5. The molecule has 20 heavy (non-hydrogen) atoms. The maximum atomic E-state index is 11.7. The molecule has 112 valence electrons. The number of ether oxygens (including phenoxy) is 1. The van der Waals surface area contributed by atoms with Crippen LogP contribution in [0.5, 0.6) is 0 Å². The van der Waals surface area contributed by atoms with Gasteiger partial charge in [-0.05, 0) is 26.7 Å². The molecule has 1 amide bonds. The van der Waals surface area contributed by atoms with Crippen molar-refractivity contribution >= 4 is 23.2 Å². The van der Waals surface area contributed by atoms with E-state index in [9.17, 15) is 9.59 Å². The van der Waals surface area contributed by atoms with Crippen molar-refractivity contribution in [2.45, 2.75) is 39.2 Å². The van der Waals surface area contributed by atoms with Gasteiger partial charge in [-0.3, -0.25) is 4.79 Å². The number of carboxylic acids is 1. The Hall–Kier alpha value is -1.47. The van der Waals surface area contributed by atoms with Gasteiger partial charge in [0.1, 0.15) is 9.88 Å². The third-order valence-electron chi connectivity index (χ3n) is 2.76. The summed E-state index contributed by atoms with van der Waals surface area (Å²) in [6.45, 7) is 4.11. The first kappa shape index (κ1) is 16.6. The van der Waals surface area contributed by atoms with Crippen molar-refractivity contribution < 1.29 is 19.4 Å². The Morgan fingerprint density at radius 3 is 2.70 bits per heavy atom. The molecule has 0 saturated carbocycles. The first-order valence-corrected chi connectivity index (χ1v) is 7.26. The highest BCUT2D eigenvalue weighted by atomic mass is 32.1. The summed E-state index contributed by atoms with van der Waals surface area (Å²) in [6, 6.07) is -0.276. The Bertz CT molecular complexity index is 473. The van der Waals surface area contributed by atoms with Crippen molar-refractivity contribution in [1.82, 2.24) is 10.3 Å². The largest absolute Gasteiger partial charge is 0.477 e. The van der Waals surface area contributed by atoms with Crippen LogP contribution in [0.25, 0.3) is 0 Å². The minimum Gasteiger partial charge on any atom is -0.477 e. The molecule has 1 unspecified atom stereocenters. The van der Waals surface area contributed by atoms with Gasteiger partial charge in [0.2, 0.25) is 5.91 Å². The van der Waals surface area contributed by atoms with Gasteiger partial charge >= 0.3 is 5.97 Å². The van der Waals surface area contributed by atoms with E-state index in [0.29, 0.717) is 23.7 Å². The van der Waals surface area contributed by atoms with Gasteiger partial charge in [0.05, 0.1) is 11.7 Å². The van der Waals surface area contributed by atoms with Crippen molar-refractivity contribution in [2.75, 3.05) is 13.7 Å². The fourth-order valence-corrected chi connectivity index (χ4v) is 2.62. The Kier molecular flexibility index (Phi) is 6.60. The van der Waals surface area contributed by atoms with Crippen LogP contribution in [0.2, 0.25) is 0 Å². The van der Waals surface area contributed by atoms with E-state index in [-0.39, 0.29) is 16.8 Å². The number of aromatic nitrogens is 1. The predicted octanol–water partition coefficient (Wildman–Crippen LogP) is 2.14. The van der Waals surface area contributed by atoms with Crippen LogP contribution in [0.1, 0.15) is 52.6 Å². The molecule has 0 spiro atoms. The second kappa shape index (κ2) is 7.96. The summed E-state index contributed by atoms with van der Waals surface area (Å²) < 4.78 is 4.92. The van der Waals surface area contributed by atoms with Crippen LogP contribution < -0.4 is 5.32 Å². The second-order valence-corrected chi connectivity index (χ2v) is 5.54. The van der Waals surface area contributed by atoms with E-state index < -0.39 is 5.97 Å². The van der Waals surface area contributed by atoms with E-state index >= 15 is 0 Å². The molecule has 1 rings (SSSR count). The minimum atomic E-state index is -0.982. The fourth-order valence-electron chi connectivity index (χ4n) is 1.71. The SMILES string of the molecule is COCCCCC(=O)NC(C)c1nc(C)c(C(=O)O)s1. The summed E-state index contributed by atoms with van der Waals surface area (Å²) in [6.07, 6.45) is 2.05. The van der Waals surface area contributed by atoms with Crippen LogP contribution in [0.3, 0.4) is 0 Å². The molecule has 0 bridgehead atoms. The average Bonchev–Trinajstić information content (AvgIpc) is 2.77. The molecular weight excluding hydrogens is 280 g/mol. The van der Waals surface area contributed by atoms with Crippen molar-refractivity contribution in [3.63, 3.8) is 0 Å². The van der Waals surface area contributed by atoms with Crippen LogP contribution in [-0.4, -0.2) is 35.7 Å². The number of carbonyl (C=O) groups is 2. The number of rotatable bonds is 8. The third kappa shape index (κ3) is 4.90. The van der Waals surface area contributed by atoms with Gasteiger partial charge in [-0.2, -0.15) is 0 Å². The molecule has 0 aliphatic carbocycles. The van der Waals surface area contributed by atoms with E-state index in [2.05, 4.69) is 10.3 Å². The Morgan fingerprint density at radius 1 is 1.45 bits per heavy atom. The number of nitrogens with zero attached hydrogens (tertiary/aromatic N) is 1. The van der Waals surface area contributed by atoms with Gasteiger partial charge in [0.15, 0.2) is 0 Å². The third-order valence-corrected chi connectivity index (χ3v) is 4.09. The molecule has 0 saturated heterocycles. The lowest BCUT2D eigenvalue weighted by molar-refractivity contribution is -0.121. The van der Waals surface area contributed by atoms with Crippen LogP contribution in [0.4, 0.5) is 0 Å². The van der Waals surface area contributed by atoms with Crippen molar-refractivity contribution in [3.05, 3.63) is 15.6 Å². The lowest BCUT2D eigenvalue weighted by Crippen LogP contribution is -2.26. The standard InChI is InChI=1S/C13H20N2O4S/c1-8-11(13(17)18)20-12(15-8)9(2)14-10(16)6-4-5-7-19-3/h9H,4-7H2,1-3H3,(H,14,16)(H,17,18). The minimum absolute atomic E-state index is 0.0571. The van der Waals surface area contributed by atoms with Gasteiger partial charge in [0, 0.05) is 20.1 Å². The van der Waals surface area contributed by atoms with E-state index in [0.717, 1.165) is 24.2 Å². The molecule has 2 N–H and O–H groups in total. The molecule has 1 aromatic rings. The number of methoxy groups -OCH3 is 1. The topological polar surface area (TPSA) is 88.5 Å².